The van der Waals surface area contributed by atoms with E-state index >= 15 is 0 Å². The van der Waals surface area contributed by atoms with Gasteiger partial charge in [-0.2, -0.15) is 0 Å². The van der Waals surface area contributed by atoms with Gasteiger partial charge in [0.15, 0.2) is 0 Å². The predicted octanol–water partition coefficient (Wildman–Crippen LogP) is 3.47. The van der Waals surface area contributed by atoms with Crippen LogP contribution in [0.25, 0.3) is 10.9 Å². The fraction of sp³-hybridized carbons (Fsp3) is 0.176. The maximum atomic E-state index is 13.4. The van der Waals surface area contributed by atoms with Gasteiger partial charge < -0.3 is 5.32 Å². The van der Waals surface area contributed by atoms with Gasteiger partial charge in [0.25, 0.3) is 0 Å². The second-order valence-corrected chi connectivity index (χ2v) is 4.88. The lowest BCUT2D eigenvalue weighted by Crippen LogP contribution is -2.22. The molecule has 0 spiro atoms. The van der Waals surface area contributed by atoms with Gasteiger partial charge in [-0.3, -0.25) is 9.97 Å². The Labute approximate surface area is 122 Å². The lowest BCUT2D eigenvalue weighted by molar-refractivity contribution is 0.596. The Morgan fingerprint density at radius 2 is 2.05 bits per heavy atom. The largest absolute Gasteiger partial charge is 0.306 e. The third-order valence-electron chi connectivity index (χ3n) is 3.43. The minimum atomic E-state index is -0.325. The van der Waals surface area contributed by atoms with Crippen molar-refractivity contribution in [1.29, 1.82) is 0 Å². The van der Waals surface area contributed by atoms with Crippen molar-refractivity contribution in [1.82, 2.24) is 15.3 Å². The SMILES string of the molecule is CCNC(c1cncc(F)c1)c1ccc2cccnc2c1. The quantitative estimate of drug-likeness (QED) is 0.795. The Bertz CT molecular complexity index is 758. The summed E-state index contributed by atoms with van der Waals surface area (Å²) in [5.41, 5.74) is 2.80. The van der Waals surface area contributed by atoms with Crippen LogP contribution in [0.15, 0.2) is 55.0 Å². The number of hydrogen-bond acceptors (Lipinski definition) is 3. The molecule has 1 aromatic carbocycles. The van der Waals surface area contributed by atoms with Gasteiger partial charge in [-0.15, -0.1) is 0 Å². The maximum absolute atomic E-state index is 13.4. The highest BCUT2D eigenvalue weighted by molar-refractivity contribution is 5.79. The summed E-state index contributed by atoms with van der Waals surface area (Å²) in [6.45, 7) is 2.81. The number of fused-ring (bicyclic) bond motifs is 1. The topological polar surface area (TPSA) is 37.8 Å². The Balaban J connectivity index is 2.06. The van der Waals surface area contributed by atoms with Gasteiger partial charge in [0.1, 0.15) is 5.82 Å². The van der Waals surface area contributed by atoms with E-state index in [1.165, 1.54) is 12.3 Å². The summed E-state index contributed by atoms with van der Waals surface area (Å²) in [5, 5.41) is 4.46. The van der Waals surface area contributed by atoms with Crippen LogP contribution in [0, 0.1) is 5.82 Å². The van der Waals surface area contributed by atoms with E-state index in [9.17, 15) is 4.39 Å². The normalized spacial score (nSPS) is 12.5. The highest BCUT2D eigenvalue weighted by Gasteiger charge is 2.14. The lowest BCUT2D eigenvalue weighted by Gasteiger charge is -2.19. The predicted molar refractivity (Wildman–Crippen MR) is 81.5 cm³/mol. The van der Waals surface area contributed by atoms with Gasteiger partial charge in [0.2, 0.25) is 0 Å². The molecule has 1 N–H and O–H groups in total. The van der Waals surface area contributed by atoms with Crippen LogP contribution < -0.4 is 5.32 Å². The molecule has 0 saturated heterocycles. The van der Waals surface area contributed by atoms with Gasteiger partial charge in [0.05, 0.1) is 17.8 Å². The molecule has 3 nitrogen and oxygen atoms in total. The van der Waals surface area contributed by atoms with Crippen LogP contribution in [0.5, 0.6) is 0 Å². The molecule has 0 saturated carbocycles. The maximum Gasteiger partial charge on any atom is 0.141 e. The molecule has 0 bridgehead atoms. The molecule has 0 aliphatic heterocycles. The first-order chi connectivity index (χ1) is 10.3. The number of aromatic nitrogens is 2. The molecule has 4 heteroatoms. The molecule has 106 valence electrons. The van der Waals surface area contributed by atoms with Crippen molar-refractivity contribution in [3.8, 4) is 0 Å². The van der Waals surface area contributed by atoms with Crippen molar-refractivity contribution in [2.24, 2.45) is 0 Å². The van der Waals surface area contributed by atoms with Crippen molar-refractivity contribution >= 4 is 10.9 Å². The van der Waals surface area contributed by atoms with Gasteiger partial charge >= 0.3 is 0 Å². The summed E-state index contributed by atoms with van der Waals surface area (Å²) < 4.78 is 13.4. The second kappa shape index (κ2) is 5.97. The molecule has 2 heterocycles. The van der Waals surface area contributed by atoms with Gasteiger partial charge in [-0.25, -0.2) is 4.39 Å². The van der Waals surface area contributed by atoms with E-state index in [2.05, 4.69) is 15.3 Å². The number of nitrogens with zero attached hydrogens (tertiary/aromatic N) is 2. The zero-order chi connectivity index (χ0) is 14.7. The van der Waals surface area contributed by atoms with E-state index < -0.39 is 0 Å². The summed E-state index contributed by atoms with van der Waals surface area (Å²) in [4.78, 5) is 8.32. The highest BCUT2D eigenvalue weighted by Crippen LogP contribution is 2.24. The third kappa shape index (κ3) is 2.90. The average Bonchev–Trinajstić information content (AvgIpc) is 2.52. The fourth-order valence-electron chi connectivity index (χ4n) is 2.48. The van der Waals surface area contributed by atoms with E-state index in [-0.39, 0.29) is 11.9 Å². The Kier molecular flexibility index (Phi) is 3.88. The Morgan fingerprint density at radius 1 is 1.14 bits per heavy atom. The van der Waals surface area contributed by atoms with Crippen LogP contribution >= 0.6 is 0 Å². The zero-order valence-electron chi connectivity index (χ0n) is 11.8. The van der Waals surface area contributed by atoms with E-state index in [1.807, 2.05) is 37.3 Å². The summed E-state index contributed by atoms with van der Waals surface area (Å²) in [6.07, 6.45) is 4.69. The van der Waals surface area contributed by atoms with Gasteiger partial charge in [0, 0.05) is 17.8 Å². The molecule has 0 amide bonds. The molecule has 0 fully saturated rings. The number of nitrogens with one attached hydrogen (secondary N) is 1. The number of benzene rings is 1. The molecule has 1 unspecified atom stereocenters. The summed E-state index contributed by atoms with van der Waals surface area (Å²) in [6, 6.07) is 11.5. The van der Waals surface area contributed by atoms with E-state index in [1.54, 1.807) is 12.4 Å². The molecule has 0 aliphatic carbocycles. The first kappa shape index (κ1) is 13.6. The van der Waals surface area contributed by atoms with Crippen LogP contribution in [0.3, 0.4) is 0 Å². The van der Waals surface area contributed by atoms with Crippen molar-refractivity contribution in [3.63, 3.8) is 0 Å². The zero-order valence-corrected chi connectivity index (χ0v) is 11.8. The highest BCUT2D eigenvalue weighted by atomic mass is 19.1. The Morgan fingerprint density at radius 3 is 2.86 bits per heavy atom. The van der Waals surface area contributed by atoms with Crippen molar-refractivity contribution in [2.75, 3.05) is 6.54 Å². The third-order valence-corrected chi connectivity index (χ3v) is 3.43. The molecule has 3 aromatic rings. The monoisotopic (exact) mass is 281 g/mol. The van der Waals surface area contributed by atoms with Crippen molar-refractivity contribution in [3.05, 3.63) is 71.9 Å². The molecular weight excluding hydrogens is 265 g/mol. The summed E-state index contributed by atoms with van der Waals surface area (Å²) in [7, 11) is 0. The van der Waals surface area contributed by atoms with Crippen LogP contribution in [0.4, 0.5) is 4.39 Å². The van der Waals surface area contributed by atoms with Gasteiger partial charge in [-0.05, 0) is 35.9 Å². The average molecular weight is 281 g/mol. The minimum absolute atomic E-state index is 0.0930. The molecule has 1 atom stereocenters. The summed E-state index contributed by atoms with van der Waals surface area (Å²) >= 11 is 0. The van der Waals surface area contributed by atoms with Crippen LogP contribution in [-0.4, -0.2) is 16.5 Å². The second-order valence-electron chi connectivity index (χ2n) is 4.88. The van der Waals surface area contributed by atoms with E-state index in [0.29, 0.717) is 0 Å². The number of halogens is 1. The number of rotatable bonds is 4. The van der Waals surface area contributed by atoms with Crippen LogP contribution in [0.2, 0.25) is 0 Å². The molecule has 0 aliphatic rings. The van der Waals surface area contributed by atoms with Crippen molar-refractivity contribution < 1.29 is 4.39 Å². The molecular formula is C17H16FN3. The molecule has 2 aromatic heterocycles. The van der Waals surface area contributed by atoms with Crippen LogP contribution in [-0.2, 0) is 0 Å². The Hall–Kier alpha value is -2.33. The molecule has 0 radical (unpaired) electrons. The first-order valence-corrected chi connectivity index (χ1v) is 6.96. The van der Waals surface area contributed by atoms with Gasteiger partial charge in [-0.1, -0.05) is 25.1 Å². The minimum Gasteiger partial charge on any atom is -0.306 e. The van der Waals surface area contributed by atoms with Crippen molar-refractivity contribution in [2.45, 2.75) is 13.0 Å². The number of pyridine rings is 2. The first-order valence-electron chi connectivity index (χ1n) is 6.96. The van der Waals surface area contributed by atoms with Crippen LogP contribution in [0.1, 0.15) is 24.1 Å². The smallest absolute Gasteiger partial charge is 0.141 e. The standard InChI is InChI=1S/C17H16FN3/c1-2-20-17(14-8-15(18)11-19-10-14)13-6-5-12-4-3-7-21-16(12)9-13/h3-11,17,20H,2H2,1H3. The lowest BCUT2D eigenvalue weighted by atomic mass is 9.98. The van der Waals surface area contributed by atoms with E-state index in [4.69, 9.17) is 0 Å². The number of hydrogen-bond donors (Lipinski definition) is 1. The van der Waals surface area contributed by atoms with E-state index in [0.717, 1.165) is 28.6 Å². The fourth-order valence-corrected chi connectivity index (χ4v) is 2.48. The molecule has 21 heavy (non-hydrogen) atoms. The summed E-state index contributed by atoms with van der Waals surface area (Å²) in [5.74, 6) is -0.325. The molecule has 3 rings (SSSR count).